The van der Waals surface area contributed by atoms with Crippen molar-refractivity contribution in [2.45, 2.75) is 12.5 Å². The Balaban J connectivity index is 1.58. The summed E-state index contributed by atoms with van der Waals surface area (Å²) in [5.41, 5.74) is -0.0309. The quantitative estimate of drug-likeness (QED) is 0.0639. The number of aromatic nitrogens is 1. The minimum absolute atomic E-state index is 0.0200. The van der Waals surface area contributed by atoms with Gasteiger partial charge < -0.3 is 31.1 Å². The van der Waals surface area contributed by atoms with Gasteiger partial charge in [-0.2, -0.15) is 0 Å². The number of hydrogen-bond donors (Lipinski definition) is 6. The van der Waals surface area contributed by atoms with E-state index in [0.29, 0.717) is 11.0 Å². The van der Waals surface area contributed by atoms with Crippen molar-refractivity contribution in [1.29, 1.82) is 0 Å². The molecule has 12 nitrogen and oxygen atoms in total. The number of phenolic OH excluding ortho intramolecular Hbond substituents is 2. The third kappa shape index (κ3) is 7.92. The minimum Gasteiger partial charge on any atom is -0.509 e. The number of phenols is 2. The molecular weight excluding hydrogens is 665 g/mol. The number of hydrogen-bond acceptors (Lipinski definition) is 8. The fraction of sp³-hybridized carbons (Fsp3) is 0.0882. The lowest BCUT2D eigenvalue weighted by Crippen LogP contribution is -2.43. The van der Waals surface area contributed by atoms with Crippen LogP contribution < -0.4 is 10.6 Å². The first-order valence-electron chi connectivity index (χ1n) is 13.9. The lowest BCUT2D eigenvalue weighted by atomic mass is 10.0. The van der Waals surface area contributed by atoms with Gasteiger partial charge in [0.1, 0.15) is 29.0 Å². The van der Waals surface area contributed by atoms with Crippen LogP contribution in [0.25, 0.3) is 10.9 Å². The number of Topliss-reactive ketones (excluding diaryl/α,β-unsaturated/α-hetero) is 1. The van der Waals surface area contributed by atoms with Gasteiger partial charge in [0.25, 0.3) is 17.7 Å². The highest BCUT2D eigenvalue weighted by atomic mass is 35.5. The number of ketones is 1. The summed E-state index contributed by atoms with van der Waals surface area (Å²) in [6.45, 7) is 6.89. The molecule has 0 spiro atoms. The SMILES string of the molecule is C=C/C(=C\C(=C)O)CNC(=O)c1cc(Cl)c(C(=O)CC(NC(=O)c2cc3ccccc3n2C(=O)c2cc(O)cc(O)c2)C(=O)O)c(Cl)c1. The molecule has 0 saturated carbocycles. The number of aromatic hydroxyl groups is 2. The molecular formula is C34H27Cl2N3O9. The van der Waals surface area contributed by atoms with Crippen LogP contribution in [0, 0.1) is 0 Å². The summed E-state index contributed by atoms with van der Waals surface area (Å²) in [4.78, 5) is 65.2. The summed E-state index contributed by atoms with van der Waals surface area (Å²) in [7, 11) is 0. The molecule has 1 atom stereocenters. The highest BCUT2D eigenvalue weighted by molar-refractivity contribution is 6.40. The summed E-state index contributed by atoms with van der Waals surface area (Å²) >= 11 is 12.6. The molecule has 0 fully saturated rings. The van der Waals surface area contributed by atoms with E-state index in [4.69, 9.17) is 23.2 Å². The Morgan fingerprint density at radius 2 is 1.50 bits per heavy atom. The predicted octanol–water partition coefficient (Wildman–Crippen LogP) is 5.42. The van der Waals surface area contributed by atoms with E-state index < -0.39 is 53.4 Å². The highest BCUT2D eigenvalue weighted by Gasteiger charge is 2.30. The Labute approximate surface area is 282 Å². The molecule has 2 amide bonds. The summed E-state index contributed by atoms with van der Waals surface area (Å²) in [5, 5.41) is 43.8. The third-order valence-electron chi connectivity index (χ3n) is 6.94. The number of halogens is 2. The van der Waals surface area contributed by atoms with Gasteiger partial charge in [-0.15, -0.1) is 0 Å². The largest absolute Gasteiger partial charge is 0.509 e. The summed E-state index contributed by atoms with van der Waals surface area (Å²) in [6, 6.07) is 11.5. The van der Waals surface area contributed by atoms with E-state index in [1.54, 1.807) is 24.3 Å². The maximum absolute atomic E-state index is 13.5. The van der Waals surface area contributed by atoms with E-state index in [0.717, 1.165) is 34.9 Å². The van der Waals surface area contributed by atoms with E-state index in [9.17, 15) is 44.4 Å². The van der Waals surface area contributed by atoms with Crippen LogP contribution >= 0.6 is 23.2 Å². The molecule has 4 aromatic rings. The van der Waals surface area contributed by atoms with E-state index in [-0.39, 0.29) is 50.3 Å². The molecule has 6 N–H and O–H groups in total. The molecule has 0 aliphatic carbocycles. The number of rotatable bonds is 12. The molecule has 3 aromatic carbocycles. The van der Waals surface area contributed by atoms with E-state index >= 15 is 0 Å². The van der Waals surface area contributed by atoms with E-state index in [1.807, 2.05) is 0 Å². The number of benzene rings is 3. The summed E-state index contributed by atoms with van der Waals surface area (Å²) in [6.07, 6.45) is 1.89. The molecule has 0 radical (unpaired) electrons. The van der Waals surface area contributed by atoms with Crippen LogP contribution in [0.2, 0.25) is 10.0 Å². The zero-order chi connectivity index (χ0) is 35.3. The number of nitrogens with one attached hydrogen (secondary N) is 2. The molecule has 14 heteroatoms. The van der Waals surface area contributed by atoms with Gasteiger partial charge in [0.15, 0.2) is 5.78 Å². The smallest absolute Gasteiger partial charge is 0.326 e. The van der Waals surface area contributed by atoms with E-state index in [2.05, 4.69) is 23.8 Å². The Hall–Kier alpha value is -5.85. The maximum atomic E-state index is 13.5. The van der Waals surface area contributed by atoms with Crippen molar-refractivity contribution in [1.82, 2.24) is 15.2 Å². The number of nitrogens with zero attached hydrogens (tertiary/aromatic N) is 1. The van der Waals surface area contributed by atoms with Crippen LogP contribution in [-0.4, -0.2) is 67.1 Å². The van der Waals surface area contributed by atoms with Gasteiger partial charge in [-0.1, -0.05) is 60.6 Å². The average molecular weight is 693 g/mol. The number of fused-ring (bicyclic) bond motifs is 1. The molecule has 0 aliphatic rings. The molecule has 1 heterocycles. The number of carbonyl (C=O) groups excluding carboxylic acids is 4. The lowest BCUT2D eigenvalue weighted by Gasteiger charge is -2.16. The number of carboxylic acid groups (broad SMARTS) is 1. The van der Waals surface area contributed by atoms with Crippen molar-refractivity contribution in [2.75, 3.05) is 6.54 Å². The van der Waals surface area contributed by atoms with Crippen LogP contribution in [0.5, 0.6) is 11.5 Å². The van der Waals surface area contributed by atoms with Crippen molar-refractivity contribution in [3.05, 3.63) is 130 Å². The number of allylic oxidation sites excluding steroid dienone is 1. The Bertz CT molecular complexity index is 2010. The normalized spacial score (nSPS) is 11.8. The fourth-order valence-electron chi connectivity index (χ4n) is 4.76. The van der Waals surface area contributed by atoms with Crippen LogP contribution in [0.3, 0.4) is 0 Å². The predicted molar refractivity (Wildman–Crippen MR) is 178 cm³/mol. The molecule has 0 saturated heterocycles. The molecule has 48 heavy (non-hydrogen) atoms. The van der Waals surface area contributed by atoms with Crippen molar-refractivity contribution in [2.24, 2.45) is 0 Å². The number of aliphatic hydroxyl groups excluding tert-OH is 1. The first-order chi connectivity index (χ1) is 22.7. The molecule has 0 bridgehead atoms. The number of aliphatic hydroxyl groups is 1. The van der Waals surface area contributed by atoms with Crippen molar-refractivity contribution in [3.63, 3.8) is 0 Å². The minimum atomic E-state index is -1.81. The van der Waals surface area contributed by atoms with Crippen LogP contribution in [0.15, 0.2) is 97.3 Å². The Morgan fingerprint density at radius 3 is 2.08 bits per heavy atom. The maximum Gasteiger partial charge on any atom is 0.326 e. The molecule has 246 valence electrons. The second-order valence-corrected chi connectivity index (χ2v) is 11.2. The van der Waals surface area contributed by atoms with Crippen LogP contribution in [-0.2, 0) is 4.79 Å². The van der Waals surface area contributed by atoms with Gasteiger partial charge in [0.2, 0.25) is 0 Å². The van der Waals surface area contributed by atoms with E-state index in [1.165, 1.54) is 18.2 Å². The zero-order valence-electron chi connectivity index (χ0n) is 24.9. The second kappa shape index (κ2) is 14.7. The van der Waals surface area contributed by atoms with Gasteiger partial charge >= 0.3 is 5.97 Å². The van der Waals surface area contributed by atoms with Crippen LogP contribution in [0.4, 0.5) is 0 Å². The van der Waals surface area contributed by atoms with Gasteiger partial charge in [0, 0.05) is 35.5 Å². The third-order valence-corrected chi connectivity index (χ3v) is 7.54. The Kier molecular flexibility index (Phi) is 10.7. The number of aliphatic carboxylic acids is 1. The van der Waals surface area contributed by atoms with Gasteiger partial charge in [0.05, 0.1) is 21.1 Å². The standard InChI is InChI=1S/C34H27Cl2N3O9/c1-3-18(8-17(2)40)16-37-31(44)20-11-24(35)30(25(36)12-20)29(43)15-26(34(47)48)38-32(45)28-13-19-6-4-5-7-27(19)39(28)33(46)21-9-22(41)14-23(42)10-21/h3-14,26,40-42H,1-2,15-16H2,(H,37,44)(H,38,45)(H,47,48)/b18-8+. The number of para-hydroxylation sites is 1. The van der Waals surface area contributed by atoms with Crippen molar-refractivity contribution >= 4 is 63.6 Å². The first kappa shape index (κ1) is 35.0. The topological polar surface area (TPSA) is 195 Å². The van der Waals surface area contributed by atoms with Gasteiger partial charge in [-0.05, 0) is 48.0 Å². The number of carbonyl (C=O) groups is 5. The summed E-state index contributed by atoms with van der Waals surface area (Å²) < 4.78 is 0.991. The molecule has 1 aromatic heterocycles. The summed E-state index contributed by atoms with van der Waals surface area (Å²) in [5.74, 6) is -5.96. The van der Waals surface area contributed by atoms with Gasteiger partial charge in [-0.3, -0.25) is 23.7 Å². The second-order valence-electron chi connectivity index (χ2n) is 10.4. The monoisotopic (exact) mass is 691 g/mol. The van der Waals surface area contributed by atoms with Crippen molar-refractivity contribution < 1.29 is 44.4 Å². The Morgan fingerprint density at radius 1 is 0.875 bits per heavy atom. The zero-order valence-corrected chi connectivity index (χ0v) is 26.4. The van der Waals surface area contributed by atoms with Crippen LogP contribution in [0.1, 0.15) is 48.0 Å². The lowest BCUT2D eigenvalue weighted by molar-refractivity contribution is -0.139. The molecule has 1 unspecified atom stereocenters. The average Bonchev–Trinajstić information content (AvgIpc) is 3.41. The van der Waals surface area contributed by atoms with Crippen molar-refractivity contribution in [3.8, 4) is 11.5 Å². The molecule has 0 aliphatic heterocycles. The molecule has 4 rings (SSSR count). The fourth-order valence-corrected chi connectivity index (χ4v) is 5.46. The first-order valence-corrected chi connectivity index (χ1v) is 14.7. The number of amides is 2. The number of carboxylic acids is 1. The van der Waals surface area contributed by atoms with Gasteiger partial charge in [-0.25, -0.2) is 4.79 Å². The highest BCUT2D eigenvalue weighted by Crippen LogP contribution is 2.29.